The summed E-state index contributed by atoms with van der Waals surface area (Å²) in [6.07, 6.45) is 3.16. The van der Waals surface area contributed by atoms with Crippen molar-refractivity contribution in [2.45, 2.75) is 0 Å². The van der Waals surface area contributed by atoms with Gasteiger partial charge in [-0.1, -0.05) is 0 Å². The molecule has 0 saturated heterocycles. The summed E-state index contributed by atoms with van der Waals surface area (Å²) in [5.41, 5.74) is 1.83. The second-order valence-corrected chi connectivity index (χ2v) is 4.01. The van der Waals surface area contributed by atoms with Crippen LogP contribution in [0.2, 0.25) is 0 Å². The first kappa shape index (κ1) is 11.2. The van der Waals surface area contributed by atoms with Crippen molar-refractivity contribution in [3.63, 3.8) is 0 Å². The van der Waals surface area contributed by atoms with Gasteiger partial charge < -0.3 is 10.1 Å². The van der Waals surface area contributed by atoms with Crippen molar-refractivity contribution in [3.8, 4) is 5.69 Å². The zero-order chi connectivity index (χ0) is 13.4. The maximum Gasteiger partial charge on any atom is 0.335 e. The molecule has 3 rings (SSSR count). The number of aromatic amines is 1. The van der Waals surface area contributed by atoms with Gasteiger partial charge in [-0.15, -0.1) is 0 Å². The molecule has 0 aliphatic heterocycles. The lowest BCUT2D eigenvalue weighted by atomic mass is 10.2. The Morgan fingerprint density at radius 1 is 1.21 bits per heavy atom. The number of carbonyl (C=O) groups is 1. The molecule has 0 aliphatic rings. The van der Waals surface area contributed by atoms with Gasteiger partial charge in [-0.2, -0.15) is 0 Å². The summed E-state index contributed by atoms with van der Waals surface area (Å²) in [6, 6.07) is 7.84. The molecule has 94 valence electrons. The third-order valence-electron chi connectivity index (χ3n) is 2.86. The number of rotatable bonds is 2. The molecule has 2 aromatic heterocycles. The highest BCUT2D eigenvalue weighted by Crippen LogP contribution is 2.14. The van der Waals surface area contributed by atoms with Crippen molar-refractivity contribution in [1.82, 2.24) is 14.5 Å². The number of nitrogens with zero attached hydrogens (tertiary/aromatic N) is 2. The van der Waals surface area contributed by atoms with Crippen LogP contribution in [0.15, 0.2) is 47.5 Å². The van der Waals surface area contributed by atoms with E-state index in [4.69, 9.17) is 5.11 Å². The zero-order valence-electron chi connectivity index (χ0n) is 9.70. The van der Waals surface area contributed by atoms with Crippen LogP contribution < -0.4 is 5.69 Å². The molecule has 2 heterocycles. The molecule has 19 heavy (non-hydrogen) atoms. The Balaban J connectivity index is 2.21. The Bertz CT molecular complexity index is 815. The topological polar surface area (TPSA) is 88.0 Å². The smallest absolute Gasteiger partial charge is 0.335 e. The van der Waals surface area contributed by atoms with Gasteiger partial charge >= 0.3 is 11.7 Å². The van der Waals surface area contributed by atoms with Crippen molar-refractivity contribution in [2.24, 2.45) is 0 Å². The molecule has 3 aromatic rings. The van der Waals surface area contributed by atoms with Crippen LogP contribution in [0.3, 0.4) is 0 Å². The monoisotopic (exact) mass is 255 g/mol. The summed E-state index contributed by atoms with van der Waals surface area (Å²) >= 11 is 0. The molecule has 0 unspecified atom stereocenters. The fraction of sp³-hybridized carbons (Fsp3) is 0. The van der Waals surface area contributed by atoms with E-state index in [9.17, 15) is 9.59 Å². The molecule has 0 saturated carbocycles. The maximum absolute atomic E-state index is 11.9. The number of H-pyrrole nitrogens is 1. The predicted molar refractivity (Wildman–Crippen MR) is 68.7 cm³/mol. The summed E-state index contributed by atoms with van der Waals surface area (Å²) in [5.74, 6) is -0.998. The van der Waals surface area contributed by atoms with Gasteiger partial charge in [-0.05, 0) is 30.3 Å². The maximum atomic E-state index is 11.9. The first-order chi connectivity index (χ1) is 9.16. The molecule has 0 aliphatic carbocycles. The largest absolute Gasteiger partial charge is 0.478 e. The number of hydrogen-bond acceptors (Lipinski definition) is 3. The number of aromatic nitrogens is 3. The highest BCUT2D eigenvalue weighted by atomic mass is 16.4. The standard InChI is InChI=1S/C13H9N3O3/c17-12(18)8-1-3-9(4-2-8)16-11-5-6-14-7-10(11)15-13(16)19/h1-7H,(H,15,19)(H,17,18). The lowest BCUT2D eigenvalue weighted by molar-refractivity contribution is 0.0697. The summed E-state index contributed by atoms with van der Waals surface area (Å²) in [4.78, 5) is 29.3. The normalized spacial score (nSPS) is 10.7. The predicted octanol–water partition coefficient (Wildman–Crippen LogP) is 1.41. The van der Waals surface area contributed by atoms with E-state index in [1.807, 2.05) is 0 Å². The third kappa shape index (κ3) is 1.79. The van der Waals surface area contributed by atoms with E-state index in [1.54, 1.807) is 30.6 Å². The zero-order valence-corrected chi connectivity index (χ0v) is 9.70. The SMILES string of the molecule is O=C(O)c1ccc(-n2c(=O)[nH]c3cnccc32)cc1. The summed E-state index contributed by atoms with van der Waals surface area (Å²) in [6.45, 7) is 0. The minimum atomic E-state index is -0.998. The lowest BCUT2D eigenvalue weighted by Crippen LogP contribution is -2.14. The molecule has 6 nitrogen and oxygen atoms in total. The number of nitrogens with one attached hydrogen (secondary N) is 1. The molecule has 0 radical (unpaired) electrons. The quantitative estimate of drug-likeness (QED) is 0.724. The van der Waals surface area contributed by atoms with Crippen molar-refractivity contribution in [2.75, 3.05) is 0 Å². The average molecular weight is 255 g/mol. The van der Waals surface area contributed by atoms with Gasteiger partial charge in [0.05, 0.1) is 28.5 Å². The van der Waals surface area contributed by atoms with Crippen LogP contribution in [-0.2, 0) is 0 Å². The van der Waals surface area contributed by atoms with Crippen molar-refractivity contribution < 1.29 is 9.90 Å². The molecule has 0 bridgehead atoms. The molecule has 6 heteroatoms. The van der Waals surface area contributed by atoms with Gasteiger partial charge in [0.2, 0.25) is 0 Å². The molecule has 0 fully saturated rings. The summed E-state index contributed by atoms with van der Waals surface area (Å²) in [7, 11) is 0. The van der Waals surface area contributed by atoms with Gasteiger partial charge in [-0.25, -0.2) is 9.59 Å². The highest BCUT2D eigenvalue weighted by Gasteiger charge is 2.09. The number of aromatic carboxylic acids is 1. The van der Waals surface area contributed by atoms with Gasteiger partial charge in [0.15, 0.2) is 0 Å². The van der Waals surface area contributed by atoms with E-state index in [0.717, 1.165) is 0 Å². The Labute approximate surface area is 107 Å². The van der Waals surface area contributed by atoms with Crippen LogP contribution in [-0.4, -0.2) is 25.6 Å². The average Bonchev–Trinajstić information content (AvgIpc) is 2.74. The van der Waals surface area contributed by atoms with E-state index >= 15 is 0 Å². The van der Waals surface area contributed by atoms with Crippen LogP contribution in [0, 0.1) is 0 Å². The number of fused-ring (bicyclic) bond motifs is 1. The molecule has 0 atom stereocenters. The Kier molecular flexibility index (Phi) is 2.42. The number of carboxylic acid groups (broad SMARTS) is 1. The van der Waals surface area contributed by atoms with Crippen LogP contribution in [0.25, 0.3) is 16.7 Å². The first-order valence-corrected chi connectivity index (χ1v) is 5.55. The molecule has 2 N–H and O–H groups in total. The van der Waals surface area contributed by atoms with Crippen LogP contribution in [0.5, 0.6) is 0 Å². The molecular formula is C13H9N3O3. The van der Waals surface area contributed by atoms with E-state index in [2.05, 4.69) is 9.97 Å². The second-order valence-electron chi connectivity index (χ2n) is 4.01. The van der Waals surface area contributed by atoms with Crippen LogP contribution >= 0.6 is 0 Å². The van der Waals surface area contributed by atoms with Gasteiger partial charge in [0, 0.05) is 6.20 Å². The molecular weight excluding hydrogens is 246 g/mol. The molecule has 0 amide bonds. The van der Waals surface area contributed by atoms with Crippen LogP contribution in [0.1, 0.15) is 10.4 Å². The van der Waals surface area contributed by atoms with E-state index in [-0.39, 0.29) is 11.3 Å². The minimum Gasteiger partial charge on any atom is -0.478 e. The number of carboxylic acids is 1. The Morgan fingerprint density at radius 3 is 2.63 bits per heavy atom. The fourth-order valence-corrected chi connectivity index (χ4v) is 1.97. The number of hydrogen-bond donors (Lipinski definition) is 2. The molecule has 1 aromatic carbocycles. The Morgan fingerprint density at radius 2 is 1.95 bits per heavy atom. The number of imidazole rings is 1. The van der Waals surface area contributed by atoms with E-state index in [0.29, 0.717) is 16.7 Å². The highest BCUT2D eigenvalue weighted by molar-refractivity contribution is 5.88. The summed E-state index contributed by atoms with van der Waals surface area (Å²) in [5, 5.41) is 8.85. The third-order valence-corrected chi connectivity index (χ3v) is 2.86. The van der Waals surface area contributed by atoms with Crippen molar-refractivity contribution in [3.05, 3.63) is 58.8 Å². The molecule has 0 spiro atoms. The van der Waals surface area contributed by atoms with Gasteiger partial charge in [-0.3, -0.25) is 9.55 Å². The second kappa shape index (κ2) is 4.09. The minimum absolute atomic E-state index is 0.179. The van der Waals surface area contributed by atoms with E-state index in [1.165, 1.54) is 16.7 Å². The van der Waals surface area contributed by atoms with Gasteiger partial charge in [0.1, 0.15) is 0 Å². The number of benzene rings is 1. The summed E-state index contributed by atoms with van der Waals surface area (Å²) < 4.78 is 1.47. The lowest BCUT2D eigenvalue weighted by Gasteiger charge is -2.03. The van der Waals surface area contributed by atoms with E-state index < -0.39 is 5.97 Å². The van der Waals surface area contributed by atoms with Crippen molar-refractivity contribution in [1.29, 1.82) is 0 Å². The van der Waals surface area contributed by atoms with Crippen LogP contribution in [0.4, 0.5) is 0 Å². The van der Waals surface area contributed by atoms with Crippen molar-refractivity contribution >= 4 is 17.0 Å². The Hall–Kier alpha value is -2.89. The number of pyridine rings is 1. The van der Waals surface area contributed by atoms with Gasteiger partial charge in [0.25, 0.3) is 0 Å². The fourth-order valence-electron chi connectivity index (χ4n) is 1.97. The first-order valence-electron chi connectivity index (χ1n) is 5.55.